The number of nitrogens with zero attached hydrogens (tertiary/aromatic N) is 7. The topological polar surface area (TPSA) is 156 Å². The van der Waals surface area contributed by atoms with Gasteiger partial charge in [0.1, 0.15) is 6.10 Å². The highest BCUT2D eigenvalue weighted by molar-refractivity contribution is 6.30. The van der Waals surface area contributed by atoms with Crippen LogP contribution in [0.3, 0.4) is 0 Å². The first-order chi connectivity index (χ1) is 24.8. The lowest BCUT2D eigenvalue weighted by molar-refractivity contribution is -0.132. The number of hydrogen-bond donors (Lipinski definition) is 4. The van der Waals surface area contributed by atoms with E-state index in [9.17, 15) is 15.0 Å². The largest absolute Gasteiger partial charge is 0.389 e. The van der Waals surface area contributed by atoms with E-state index in [1.54, 1.807) is 17.9 Å². The number of aryl methyl sites for hydroxylation is 1. The number of carbonyl (C=O) groups is 1. The molecule has 0 saturated heterocycles. The minimum absolute atomic E-state index is 0.200. The van der Waals surface area contributed by atoms with Gasteiger partial charge in [0.2, 0.25) is 11.7 Å². The lowest BCUT2D eigenvalue weighted by Crippen LogP contribution is -2.52. The highest BCUT2D eigenvalue weighted by Gasteiger charge is 2.75. The van der Waals surface area contributed by atoms with Crippen molar-refractivity contribution in [3.05, 3.63) is 58.9 Å². The van der Waals surface area contributed by atoms with Crippen molar-refractivity contribution < 1.29 is 15.0 Å². The van der Waals surface area contributed by atoms with Crippen LogP contribution in [0.5, 0.6) is 0 Å². The van der Waals surface area contributed by atoms with Crippen LogP contribution >= 0.6 is 11.6 Å². The second-order valence-corrected chi connectivity index (χ2v) is 16.3. The molecule has 0 aliphatic heterocycles. The fraction of sp³-hybridized carbons (Fsp3) is 0.579. The lowest BCUT2D eigenvalue weighted by Gasteiger charge is -2.56. The number of aliphatic hydroxyl groups is 2. The summed E-state index contributed by atoms with van der Waals surface area (Å²) in [5.74, 6) is 9.37. The zero-order valence-electron chi connectivity index (χ0n) is 28.8. The van der Waals surface area contributed by atoms with E-state index in [0.29, 0.717) is 47.2 Å². The smallest absolute Gasteiger partial charge is 0.229 e. The summed E-state index contributed by atoms with van der Waals surface area (Å²) in [6, 6.07) is 7.01. The van der Waals surface area contributed by atoms with Crippen molar-refractivity contribution in [3.8, 4) is 11.8 Å². The first-order valence-electron chi connectivity index (χ1n) is 18.5. The summed E-state index contributed by atoms with van der Waals surface area (Å²) < 4.78 is 4.01. The summed E-state index contributed by atoms with van der Waals surface area (Å²) in [5.41, 5.74) is 2.23. The van der Waals surface area contributed by atoms with E-state index in [-0.39, 0.29) is 17.4 Å². The van der Waals surface area contributed by atoms with E-state index < -0.39 is 23.7 Å². The molecule has 5 atom stereocenters. The third-order valence-electron chi connectivity index (χ3n) is 12.6. The van der Waals surface area contributed by atoms with Crippen LogP contribution in [0.1, 0.15) is 87.3 Å². The van der Waals surface area contributed by atoms with Gasteiger partial charge in [-0.05, 0) is 106 Å². The Bertz CT molecular complexity index is 2010. The van der Waals surface area contributed by atoms with E-state index in [2.05, 4.69) is 48.6 Å². The zero-order valence-corrected chi connectivity index (χ0v) is 29.6. The van der Waals surface area contributed by atoms with Gasteiger partial charge in [-0.2, -0.15) is 0 Å². The predicted molar refractivity (Wildman–Crippen MR) is 190 cm³/mol. The maximum atomic E-state index is 12.8. The number of amides is 1. The number of anilines is 1. The average molecular weight is 710 g/mol. The Morgan fingerprint density at radius 1 is 1.08 bits per heavy atom. The van der Waals surface area contributed by atoms with E-state index in [1.165, 1.54) is 38.5 Å². The van der Waals surface area contributed by atoms with Crippen LogP contribution in [0.2, 0.25) is 5.02 Å². The number of imidazole rings is 1. The summed E-state index contributed by atoms with van der Waals surface area (Å²) in [7, 11) is 1.55. The Balaban J connectivity index is 0.905. The van der Waals surface area contributed by atoms with E-state index in [0.717, 1.165) is 48.3 Å². The zero-order chi connectivity index (χ0) is 34.9. The molecule has 1 amide bonds. The van der Waals surface area contributed by atoms with Crippen LogP contribution < -0.4 is 10.6 Å². The molecule has 3 aromatic heterocycles. The molecule has 4 N–H and O–H groups in total. The molecule has 6 fully saturated rings. The van der Waals surface area contributed by atoms with Gasteiger partial charge in [-0.15, -0.1) is 5.10 Å². The number of rotatable bonds is 10. The van der Waals surface area contributed by atoms with Gasteiger partial charge in [0.05, 0.1) is 35.1 Å². The second-order valence-electron chi connectivity index (χ2n) is 15.9. The number of unbranched alkanes of at least 4 members (excludes halogenated alkanes) is 2. The van der Waals surface area contributed by atoms with Crippen molar-refractivity contribution in [1.29, 1.82) is 0 Å². The Hall–Kier alpha value is -4.05. The van der Waals surface area contributed by atoms with Crippen LogP contribution in [-0.2, 0) is 23.3 Å². The fourth-order valence-electron chi connectivity index (χ4n) is 10.6. The van der Waals surface area contributed by atoms with Crippen molar-refractivity contribution >= 4 is 34.5 Å². The number of aromatic nitrogens is 7. The van der Waals surface area contributed by atoms with Gasteiger partial charge in [-0.25, -0.2) is 19.6 Å². The molecule has 266 valence electrons. The summed E-state index contributed by atoms with van der Waals surface area (Å²) in [4.78, 5) is 26.9. The molecule has 0 radical (unpaired) electrons. The highest BCUT2D eigenvalue weighted by atomic mass is 35.5. The molecule has 6 aliphatic rings. The van der Waals surface area contributed by atoms with Crippen LogP contribution in [-0.4, -0.2) is 69.9 Å². The number of fused-ring (bicyclic) bond motifs is 2. The molecule has 13 heteroatoms. The van der Waals surface area contributed by atoms with Gasteiger partial charge in [-0.1, -0.05) is 34.9 Å². The van der Waals surface area contributed by atoms with E-state index in [1.807, 2.05) is 24.3 Å². The Morgan fingerprint density at radius 2 is 1.86 bits per heavy atom. The van der Waals surface area contributed by atoms with Gasteiger partial charge in [0.25, 0.3) is 0 Å². The Labute approximate surface area is 301 Å². The second kappa shape index (κ2) is 12.6. The number of hydrogen-bond acceptors (Lipinski definition) is 9. The number of aliphatic hydroxyl groups excluding tert-OH is 2. The standard InChI is InChI=1S/C38H44ClN9O3/c1-40-36(51)38-18-28(38)31(32(49)33(38)50)47-21-42-30-34(41-19-22-7-6-8-26(39)14-22)43-29(44-35(30)47)10-5-3-2-4-9-27-20-48(46-45-27)37-15-23-11-24(16-37)13-25(12-23)17-37/h6-8,14,20-21,23-25,28,31-33,49-50H,2-4,9,11-13,15-19H2,1H3,(H,40,51)(H,41,43,44)/t23?,24?,25?,28?,31-,32+,33+,37?,38-/m1/s1. The average Bonchev–Trinajstić information content (AvgIpc) is 3.34. The van der Waals surface area contributed by atoms with Gasteiger partial charge in [0, 0.05) is 37.2 Å². The molecular weight excluding hydrogens is 666 g/mol. The molecule has 51 heavy (non-hydrogen) atoms. The predicted octanol–water partition coefficient (Wildman–Crippen LogP) is 4.40. The maximum absolute atomic E-state index is 12.8. The molecule has 4 bridgehead atoms. The first kappa shape index (κ1) is 32.8. The molecule has 6 aliphatic carbocycles. The number of carbonyl (C=O) groups excluding carboxylic acids is 1. The van der Waals surface area contributed by atoms with Gasteiger partial charge in [0.15, 0.2) is 17.0 Å². The summed E-state index contributed by atoms with van der Waals surface area (Å²) >= 11 is 6.23. The SMILES string of the molecule is CNC(=O)[C@]12CC1[C@@H](n1cnc3c(NCc4cccc(Cl)c4)nc(C#CCCCCc4cn(C56CC7CC(CC(C7)C5)C6)nn4)nc31)[C@H](O)[C@@H]2O. The molecule has 4 aromatic rings. The number of halogens is 1. The van der Waals surface area contributed by atoms with E-state index >= 15 is 0 Å². The third-order valence-corrected chi connectivity index (χ3v) is 12.9. The van der Waals surface area contributed by atoms with Gasteiger partial charge in [-0.3, -0.25) is 4.79 Å². The minimum atomic E-state index is -1.19. The van der Waals surface area contributed by atoms with Crippen molar-refractivity contribution in [2.75, 3.05) is 12.4 Å². The third kappa shape index (κ3) is 5.60. The molecule has 6 saturated carbocycles. The normalized spacial score (nSPS) is 32.8. The Morgan fingerprint density at radius 3 is 2.61 bits per heavy atom. The van der Waals surface area contributed by atoms with Crippen LogP contribution in [0.4, 0.5) is 5.82 Å². The summed E-state index contributed by atoms with van der Waals surface area (Å²) in [6.45, 7) is 0.451. The molecule has 3 heterocycles. The van der Waals surface area contributed by atoms with Crippen molar-refractivity contribution in [3.63, 3.8) is 0 Å². The quantitative estimate of drug-likeness (QED) is 0.139. The first-order valence-corrected chi connectivity index (χ1v) is 18.9. The van der Waals surface area contributed by atoms with Crippen molar-refractivity contribution in [2.24, 2.45) is 29.1 Å². The Kier molecular flexibility index (Phi) is 8.09. The lowest BCUT2D eigenvalue weighted by atomic mass is 9.53. The molecule has 1 unspecified atom stereocenters. The highest BCUT2D eigenvalue weighted by Crippen LogP contribution is 2.68. The maximum Gasteiger partial charge on any atom is 0.229 e. The van der Waals surface area contributed by atoms with Crippen LogP contribution in [0.15, 0.2) is 36.8 Å². The van der Waals surface area contributed by atoms with Crippen LogP contribution in [0.25, 0.3) is 11.2 Å². The van der Waals surface area contributed by atoms with Crippen LogP contribution in [0, 0.1) is 40.9 Å². The van der Waals surface area contributed by atoms with Crippen molar-refractivity contribution in [1.82, 2.24) is 39.8 Å². The fourth-order valence-corrected chi connectivity index (χ4v) is 10.8. The molecule has 0 spiro atoms. The molecular formula is C38H44ClN9O3. The van der Waals surface area contributed by atoms with Gasteiger partial charge >= 0.3 is 0 Å². The molecule has 10 rings (SSSR count). The van der Waals surface area contributed by atoms with Gasteiger partial charge < -0.3 is 25.4 Å². The molecule has 12 nitrogen and oxygen atoms in total. The number of nitrogens with one attached hydrogen (secondary N) is 2. The summed E-state index contributed by atoms with van der Waals surface area (Å²) in [5, 5.41) is 38.0. The molecule has 1 aromatic carbocycles. The monoisotopic (exact) mass is 709 g/mol. The minimum Gasteiger partial charge on any atom is -0.389 e. The van der Waals surface area contributed by atoms with Crippen molar-refractivity contribution in [2.45, 2.75) is 101 Å². The number of benzene rings is 1. The summed E-state index contributed by atoms with van der Waals surface area (Å²) in [6.07, 6.45) is 13.4. The van der Waals surface area contributed by atoms with E-state index in [4.69, 9.17) is 21.6 Å².